The van der Waals surface area contributed by atoms with E-state index in [0.29, 0.717) is 12.3 Å². The number of nitrogens with one attached hydrogen (secondary N) is 2. The molecule has 3 rings (SSSR count). The van der Waals surface area contributed by atoms with Crippen molar-refractivity contribution in [1.82, 2.24) is 10.6 Å². The highest BCUT2D eigenvalue weighted by molar-refractivity contribution is 5.79. The van der Waals surface area contributed by atoms with E-state index in [0.717, 1.165) is 22.3 Å². The Bertz CT molecular complexity index is 976. The Morgan fingerprint density at radius 1 is 0.941 bits per heavy atom. The number of benzene rings is 2. The Labute approximate surface area is 199 Å². The molecule has 1 aliphatic carbocycles. The molecular formula is C26H32N2O6. The van der Waals surface area contributed by atoms with Crippen LogP contribution in [0.1, 0.15) is 43.7 Å². The molecule has 0 aliphatic heterocycles. The molecule has 2 amide bonds. The van der Waals surface area contributed by atoms with Gasteiger partial charge in [-0.2, -0.15) is 0 Å². The molecule has 0 saturated carbocycles. The number of rotatable bonds is 11. The number of hydrogen-bond acceptors (Lipinski definition) is 5. The minimum atomic E-state index is -1.65. The zero-order chi connectivity index (χ0) is 24.7. The summed E-state index contributed by atoms with van der Waals surface area (Å²) >= 11 is 0. The van der Waals surface area contributed by atoms with E-state index >= 15 is 0 Å². The molecule has 0 fully saturated rings. The first-order valence-electron chi connectivity index (χ1n) is 11.5. The molecule has 0 spiro atoms. The maximum atomic E-state index is 12.5. The van der Waals surface area contributed by atoms with Gasteiger partial charge in [0.15, 0.2) is 6.10 Å². The summed E-state index contributed by atoms with van der Waals surface area (Å²) in [6.07, 6.45) is -1.39. The van der Waals surface area contributed by atoms with Crippen molar-refractivity contribution >= 4 is 18.0 Å². The number of alkyl carbamates (subject to hydrolysis) is 1. The van der Waals surface area contributed by atoms with E-state index in [1.807, 2.05) is 38.1 Å². The van der Waals surface area contributed by atoms with E-state index in [2.05, 4.69) is 34.9 Å². The molecule has 2 atom stereocenters. The van der Waals surface area contributed by atoms with Gasteiger partial charge in [-0.15, -0.1) is 0 Å². The monoisotopic (exact) mass is 468 g/mol. The van der Waals surface area contributed by atoms with Gasteiger partial charge in [-0.1, -0.05) is 62.4 Å². The lowest BCUT2D eigenvalue weighted by Crippen LogP contribution is -2.39. The van der Waals surface area contributed by atoms with Gasteiger partial charge in [0.1, 0.15) is 6.61 Å². The van der Waals surface area contributed by atoms with Crippen LogP contribution < -0.4 is 10.6 Å². The topological polar surface area (TPSA) is 125 Å². The highest BCUT2D eigenvalue weighted by Gasteiger charge is 2.29. The first kappa shape index (κ1) is 25.2. The minimum Gasteiger partial charge on any atom is -0.479 e. The quantitative estimate of drug-likeness (QED) is 0.402. The molecule has 0 heterocycles. The van der Waals surface area contributed by atoms with Gasteiger partial charge in [0.05, 0.1) is 6.54 Å². The number of carboxylic acid groups (broad SMARTS) is 1. The summed E-state index contributed by atoms with van der Waals surface area (Å²) < 4.78 is 5.56. The second-order valence-corrected chi connectivity index (χ2v) is 9.06. The molecular weight excluding hydrogens is 436 g/mol. The van der Waals surface area contributed by atoms with Gasteiger partial charge in [-0.3, -0.25) is 4.79 Å². The number of carboxylic acids is 1. The fourth-order valence-corrected chi connectivity index (χ4v) is 4.41. The summed E-state index contributed by atoms with van der Waals surface area (Å²) in [7, 11) is 0. The van der Waals surface area contributed by atoms with Crippen LogP contribution in [0.15, 0.2) is 48.5 Å². The van der Waals surface area contributed by atoms with Crippen molar-refractivity contribution in [3.05, 3.63) is 59.7 Å². The van der Waals surface area contributed by atoms with Gasteiger partial charge in [0.25, 0.3) is 0 Å². The second kappa shape index (κ2) is 11.7. The summed E-state index contributed by atoms with van der Waals surface area (Å²) in [6, 6.07) is 16.2. The van der Waals surface area contributed by atoms with Crippen molar-refractivity contribution in [2.45, 2.75) is 38.7 Å². The first-order valence-corrected chi connectivity index (χ1v) is 11.5. The van der Waals surface area contributed by atoms with Crippen LogP contribution in [0.3, 0.4) is 0 Å². The highest BCUT2D eigenvalue weighted by Crippen LogP contribution is 2.44. The van der Waals surface area contributed by atoms with Crippen LogP contribution in [0.5, 0.6) is 0 Å². The number of carbonyl (C=O) groups is 3. The number of aliphatic hydroxyl groups excluding tert-OH is 1. The Morgan fingerprint density at radius 3 is 2.09 bits per heavy atom. The Balaban J connectivity index is 1.52. The number of amides is 2. The molecule has 34 heavy (non-hydrogen) atoms. The molecule has 0 aromatic heterocycles. The number of fused-ring (bicyclic) bond motifs is 3. The molecule has 182 valence electrons. The lowest BCUT2D eigenvalue weighted by molar-refractivity contribution is -0.146. The van der Waals surface area contributed by atoms with Crippen molar-refractivity contribution < 1.29 is 29.3 Å². The maximum absolute atomic E-state index is 12.5. The predicted molar refractivity (Wildman–Crippen MR) is 127 cm³/mol. The van der Waals surface area contributed by atoms with Gasteiger partial charge in [-0.05, 0) is 40.5 Å². The van der Waals surface area contributed by atoms with E-state index in [4.69, 9.17) is 9.84 Å². The van der Waals surface area contributed by atoms with Crippen LogP contribution in [-0.4, -0.2) is 54.0 Å². The molecule has 0 radical (unpaired) electrons. The fraction of sp³-hybridized carbons (Fsp3) is 0.423. The average molecular weight is 469 g/mol. The van der Waals surface area contributed by atoms with Crippen LogP contribution in [0.25, 0.3) is 11.1 Å². The third kappa shape index (κ3) is 6.57. The van der Waals surface area contributed by atoms with Crippen molar-refractivity contribution in [3.63, 3.8) is 0 Å². The van der Waals surface area contributed by atoms with E-state index in [-0.39, 0.29) is 43.9 Å². The molecule has 8 heteroatoms. The number of hydrogen-bond donors (Lipinski definition) is 4. The standard InChI is InChI=1S/C26H32N2O6/c1-16(2)11-17(12-24(30)27-14-23(29)25(31)32)13-28-26(33)34-15-22-20-9-5-3-7-18(20)19-8-4-6-10-21(19)22/h3-10,16-17,22-23,29H,11-15H2,1-2H3,(H,27,30)(H,28,33)(H,31,32)/t17-,23-/m0/s1. The SMILES string of the molecule is CC(C)C[C@H](CNC(=O)OCC1c2ccccc2-c2ccccc21)CC(=O)NC[C@H](O)C(=O)O. The van der Waals surface area contributed by atoms with Crippen LogP contribution in [0, 0.1) is 11.8 Å². The molecule has 2 aromatic carbocycles. The van der Waals surface area contributed by atoms with E-state index in [1.165, 1.54) is 0 Å². The maximum Gasteiger partial charge on any atom is 0.407 e. The van der Waals surface area contributed by atoms with Gasteiger partial charge in [0.2, 0.25) is 5.91 Å². The molecule has 1 aliphatic rings. The van der Waals surface area contributed by atoms with E-state index < -0.39 is 18.2 Å². The molecule has 0 saturated heterocycles. The number of carbonyl (C=O) groups excluding carboxylic acids is 2. The normalized spacial score (nSPS) is 14.1. The third-order valence-electron chi connectivity index (χ3n) is 5.94. The molecule has 8 nitrogen and oxygen atoms in total. The first-order chi connectivity index (χ1) is 16.3. The molecule has 4 N–H and O–H groups in total. The molecule has 0 unspecified atom stereocenters. The smallest absolute Gasteiger partial charge is 0.407 e. The lowest BCUT2D eigenvalue weighted by Gasteiger charge is -2.20. The largest absolute Gasteiger partial charge is 0.479 e. The van der Waals surface area contributed by atoms with Crippen molar-refractivity contribution in [3.8, 4) is 11.1 Å². The summed E-state index contributed by atoms with van der Waals surface area (Å²) in [6.45, 7) is 4.15. The fourth-order valence-electron chi connectivity index (χ4n) is 4.41. The Morgan fingerprint density at radius 2 is 1.53 bits per heavy atom. The Hall–Kier alpha value is -3.39. The van der Waals surface area contributed by atoms with Gasteiger partial charge < -0.3 is 25.6 Å². The third-order valence-corrected chi connectivity index (χ3v) is 5.94. The second-order valence-electron chi connectivity index (χ2n) is 9.06. The molecule has 2 aromatic rings. The summed E-state index contributed by atoms with van der Waals surface area (Å²) in [5.74, 6) is -1.65. The number of aliphatic carboxylic acids is 1. The van der Waals surface area contributed by atoms with Gasteiger partial charge in [0, 0.05) is 18.9 Å². The lowest BCUT2D eigenvalue weighted by atomic mass is 9.93. The van der Waals surface area contributed by atoms with Crippen LogP contribution >= 0.6 is 0 Å². The molecule has 0 bridgehead atoms. The summed E-state index contributed by atoms with van der Waals surface area (Å²) in [5, 5.41) is 23.2. The predicted octanol–water partition coefficient (Wildman–Crippen LogP) is 3.14. The van der Waals surface area contributed by atoms with Crippen molar-refractivity contribution in [2.75, 3.05) is 19.7 Å². The number of aliphatic hydroxyl groups is 1. The zero-order valence-corrected chi connectivity index (χ0v) is 19.5. The summed E-state index contributed by atoms with van der Waals surface area (Å²) in [4.78, 5) is 35.3. The summed E-state index contributed by atoms with van der Waals surface area (Å²) in [5.41, 5.74) is 4.58. The van der Waals surface area contributed by atoms with Crippen LogP contribution in [-0.2, 0) is 14.3 Å². The Kier molecular flexibility index (Phi) is 8.65. The van der Waals surface area contributed by atoms with E-state index in [9.17, 15) is 19.5 Å². The number of ether oxygens (including phenoxy) is 1. The van der Waals surface area contributed by atoms with Gasteiger partial charge in [-0.25, -0.2) is 9.59 Å². The van der Waals surface area contributed by atoms with Gasteiger partial charge >= 0.3 is 12.1 Å². The van der Waals surface area contributed by atoms with Crippen LogP contribution in [0.2, 0.25) is 0 Å². The zero-order valence-electron chi connectivity index (χ0n) is 19.5. The van der Waals surface area contributed by atoms with Crippen molar-refractivity contribution in [2.24, 2.45) is 11.8 Å². The van der Waals surface area contributed by atoms with Crippen molar-refractivity contribution in [1.29, 1.82) is 0 Å². The van der Waals surface area contributed by atoms with E-state index in [1.54, 1.807) is 0 Å². The average Bonchev–Trinajstić information content (AvgIpc) is 3.13. The highest BCUT2D eigenvalue weighted by atomic mass is 16.5. The van der Waals surface area contributed by atoms with Crippen LogP contribution in [0.4, 0.5) is 4.79 Å². The minimum absolute atomic E-state index is 0.0314.